The quantitative estimate of drug-likeness (QED) is 0.497. The van der Waals surface area contributed by atoms with Crippen molar-refractivity contribution in [3.63, 3.8) is 0 Å². The van der Waals surface area contributed by atoms with Gasteiger partial charge in [-0.1, -0.05) is 24.3 Å². The Morgan fingerprint density at radius 2 is 2.03 bits per heavy atom. The van der Waals surface area contributed by atoms with Crippen LogP contribution in [0, 0.1) is 5.82 Å². The number of anilines is 1. The van der Waals surface area contributed by atoms with Gasteiger partial charge in [0.15, 0.2) is 23.2 Å². The van der Waals surface area contributed by atoms with Crippen LogP contribution < -0.4 is 4.90 Å². The zero-order chi connectivity index (χ0) is 22.2. The summed E-state index contributed by atoms with van der Waals surface area (Å²) in [4.78, 5) is 15.0. The van der Waals surface area contributed by atoms with E-state index >= 15 is 0 Å². The second-order valence-electron chi connectivity index (χ2n) is 8.42. The lowest BCUT2D eigenvalue weighted by molar-refractivity contribution is -0.0511. The number of aliphatic hydroxyl groups is 3. The van der Waals surface area contributed by atoms with Crippen LogP contribution in [-0.2, 0) is 10.2 Å². The summed E-state index contributed by atoms with van der Waals surface area (Å²) in [5.41, 5.74) is 2.06. The minimum Gasteiger partial charge on any atom is -0.394 e. The largest absolute Gasteiger partial charge is 0.394 e. The van der Waals surface area contributed by atoms with Crippen LogP contribution in [-0.4, -0.2) is 72.8 Å². The van der Waals surface area contributed by atoms with E-state index in [1.165, 1.54) is 17.0 Å². The molecule has 0 radical (unpaired) electrons. The van der Waals surface area contributed by atoms with Crippen LogP contribution in [0.5, 0.6) is 0 Å². The number of imidazole rings is 1. The van der Waals surface area contributed by atoms with Crippen LogP contribution in [0.15, 0.2) is 30.6 Å². The normalized spacial score (nSPS) is 28.0. The first-order chi connectivity index (χ1) is 15.4. The average Bonchev–Trinajstić information content (AvgIpc) is 3.42. The molecular weight excluding hydrogens is 441 g/mol. The highest BCUT2D eigenvalue weighted by atomic mass is 35.5. The second-order valence-corrected chi connectivity index (χ2v) is 8.75. The fraction of sp³-hybridized carbons (Fsp3) is 0.381. The molecule has 1 aromatic carbocycles. The lowest BCUT2D eigenvalue weighted by Gasteiger charge is -2.48. The maximum atomic E-state index is 14.2. The van der Waals surface area contributed by atoms with Gasteiger partial charge in [0, 0.05) is 24.1 Å². The molecule has 0 saturated carbocycles. The van der Waals surface area contributed by atoms with Gasteiger partial charge in [-0.25, -0.2) is 9.37 Å². The monoisotopic (exact) mass is 459 g/mol. The Bertz CT molecular complexity index is 1260. The minimum absolute atomic E-state index is 0.00430. The molecule has 32 heavy (non-hydrogen) atoms. The van der Waals surface area contributed by atoms with Crippen molar-refractivity contribution < 1.29 is 24.4 Å². The van der Waals surface area contributed by atoms with Crippen molar-refractivity contribution in [1.29, 1.82) is 0 Å². The molecular formula is C21H19ClFN5O4. The number of benzene rings is 1. The Morgan fingerprint density at radius 3 is 2.78 bits per heavy atom. The zero-order valence-corrected chi connectivity index (χ0v) is 17.4. The molecule has 2 aliphatic heterocycles. The van der Waals surface area contributed by atoms with Crippen molar-refractivity contribution in [1.82, 2.24) is 19.5 Å². The van der Waals surface area contributed by atoms with E-state index in [-0.39, 0.29) is 16.5 Å². The van der Waals surface area contributed by atoms with Crippen LogP contribution >= 0.6 is 11.6 Å². The first-order valence-corrected chi connectivity index (χ1v) is 10.6. The summed E-state index contributed by atoms with van der Waals surface area (Å²) >= 11 is 6.21. The third kappa shape index (κ3) is 2.67. The first-order valence-electron chi connectivity index (χ1n) is 10.2. The number of ether oxygens (including phenoxy) is 1. The lowest BCUT2D eigenvalue weighted by Crippen LogP contribution is -2.58. The van der Waals surface area contributed by atoms with Gasteiger partial charge < -0.3 is 25.0 Å². The molecule has 166 valence electrons. The van der Waals surface area contributed by atoms with E-state index in [1.54, 1.807) is 6.07 Å². The van der Waals surface area contributed by atoms with E-state index < -0.39 is 31.1 Å². The average molecular weight is 460 g/mol. The van der Waals surface area contributed by atoms with Gasteiger partial charge >= 0.3 is 0 Å². The minimum atomic E-state index is -1.27. The van der Waals surface area contributed by atoms with Crippen LogP contribution in [0.4, 0.5) is 10.2 Å². The molecule has 0 amide bonds. The van der Waals surface area contributed by atoms with E-state index in [2.05, 4.69) is 15.0 Å². The molecule has 2 fully saturated rings. The number of fused-ring (bicyclic) bond motifs is 3. The fourth-order valence-electron chi connectivity index (χ4n) is 4.93. The molecule has 1 aliphatic carbocycles. The van der Waals surface area contributed by atoms with Crippen molar-refractivity contribution in [3.05, 3.63) is 52.8 Å². The molecule has 4 atom stereocenters. The number of hydrogen-bond donors (Lipinski definition) is 3. The molecule has 4 heterocycles. The number of hydrogen-bond acceptors (Lipinski definition) is 8. The summed E-state index contributed by atoms with van der Waals surface area (Å²) in [5, 5.41) is 29.8. The van der Waals surface area contributed by atoms with Crippen molar-refractivity contribution in [2.45, 2.75) is 30.0 Å². The molecule has 0 bridgehead atoms. The summed E-state index contributed by atoms with van der Waals surface area (Å²) in [6, 6.07) is 5.11. The van der Waals surface area contributed by atoms with Crippen molar-refractivity contribution in [2.75, 3.05) is 24.6 Å². The Labute approximate surface area is 186 Å². The Morgan fingerprint density at radius 1 is 1.22 bits per heavy atom. The number of nitrogens with zero attached hydrogens (tertiary/aromatic N) is 5. The summed E-state index contributed by atoms with van der Waals surface area (Å²) < 4.78 is 21.2. The molecule has 1 spiro atoms. The SMILES string of the molecule is OC[C@H]1O[C@@H](n2cnc3c(N4CC5(C=Cc6c(F)cccc65)C4)nc(Cl)nc32)[C@H](O)[C@@H]1O. The van der Waals surface area contributed by atoms with Gasteiger partial charge in [0.05, 0.1) is 12.9 Å². The number of aromatic nitrogens is 4. The molecule has 2 saturated heterocycles. The maximum Gasteiger partial charge on any atom is 0.226 e. The summed E-state index contributed by atoms with van der Waals surface area (Å²) in [7, 11) is 0. The van der Waals surface area contributed by atoms with Gasteiger partial charge in [0.25, 0.3) is 0 Å². The fourth-order valence-corrected chi connectivity index (χ4v) is 5.09. The first kappa shape index (κ1) is 20.0. The Balaban J connectivity index is 1.34. The van der Waals surface area contributed by atoms with E-state index in [0.29, 0.717) is 35.6 Å². The third-order valence-corrected chi connectivity index (χ3v) is 6.74. The highest BCUT2D eigenvalue weighted by Crippen LogP contribution is 2.46. The second kappa shape index (κ2) is 6.93. The van der Waals surface area contributed by atoms with Gasteiger partial charge in [-0.3, -0.25) is 4.57 Å². The number of halogens is 2. The van der Waals surface area contributed by atoms with Gasteiger partial charge in [-0.15, -0.1) is 0 Å². The standard InChI is InChI=1S/C21H19ClFN5O4/c22-20-25-17(27-7-21(8-27)5-4-10-11(21)2-1-3-12(10)23)14-18(26-20)28(9-24-14)19-16(31)15(30)13(6-29)32-19/h1-5,9,13,15-16,19,29-31H,6-8H2/t13-,15-,16-,19-/m1/s1. The molecule has 6 rings (SSSR count). The molecule has 3 N–H and O–H groups in total. The van der Waals surface area contributed by atoms with Crippen LogP contribution in [0.25, 0.3) is 17.2 Å². The van der Waals surface area contributed by atoms with Gasteiger partial charge in [0.1, 0.15) is 24.1 Å². The lowest BCUT2D eigenvalue weighted by atomic mass is 9.75. The summed E-state index contributed by atoms with van der Waals surface area (Å²) in [6.07, 6.45) is 0.856. The molecule has 0 unspecified atom stereocenters. The highest BCUT2D eigenvalue weighted by Gasteiger charge is 2.48. The van der Waals surface area contributed by atoms with Gasteiger partial charge in [-0.05, 0) is 23.2 Å². The summed E-state index contributed by atoms with van der Waals surface area (Å²) in [6.45, 7) is 0.708. The third-order valence-electron chi connectivity index (χ3n) is 6.57. The van der Waals surface area contributed by atoms with E-state index in [4.69, 9.17) is 16.3 Å². The maximum absolute atomic E-state index is 14.2. The van der Waals surface area contributed by atoms with Gasteiger partial charge in [-0.2, -0.15) is 9.97 Å². The van der Waals surface area contributed by atoms with Crippen molar-refractivity contribution >= 4 is 34.7 Å². The molecule has 11 heteroatoms. The van der Waals surface area contributed by atoms with E-state index in [1.807, 2.05) is 23.1 Å². The topological polar surface area (TPSA) is 117 Å². The molecule has 3 aliphatic rings. The van der Waals surface area contributed by atoms with Gasteiger partial charge in [0.2, 0.25) is 5.28 Å². The summed E-state index contributed by atoms with van der Waals surface area (Å²) in [5.74, 6) is 0.285. The van der Waals surface area contributed by atoms with E-state index in [9.17, 15) is 19.7 Å². The smallest absolute Gasteiger partial charge is 0.226 e. The van der Waals surface area contributed by atoms with E-state index in [0.717, 1.165) is 5.56 Å². The molecule has 2 aromatic heterocycles. The van der Waals surface area contributed by atoms with Crippen molar-refractivity contribution in [2.24, 2.45) is 0 Å². The van der Waals surface area contributed by atoms with Crippen LogP contribution in [0.2, 0.25) is 5.28 Å². The van der Waals surface area contributed by atoms with Crippen LogP contribution in [0.1, 0.15) is 17.4 Å². The van der Waals surface area contributed by atoms with Crippen molar-refractivity contribution in [3.8, 4) is 0 Å². The number of rotatable bonds is 3. The molecule has 3 aromatic rings. The Kier molecular flexibility index (Phi) is 4.33. The zero-order valence-electron chi connectivity index (χ0n) is 16.6. The molecule has 9 nitrogen and oxygen atoms in total. The highest BCUT2D eigenvalue weighted by molar-refractivity contribution is 6.28. The number of aliphatic hydroxyl groups excluding tert-OH is 3. The predicted molar refractivity (Wildman–Crippen MR) is 113 cm³/mol. The Hall–Kier alpha value is -2.63. The van der Waals surface area contributed by atoms with Crippen LogP contribution in [0.3, 0.4) is 0 Å². The predicted octanol–water partition coefficient (Wildman–Crippen LogP) is 1.02.